The number of carbonyl (C=O) groups is 4. The fraction of sp³-hybridized carbons (Fsp3) is 0.915. The lowest BCUT2D eigenvalue weighted by molar-refractivity contribution is -0.161. The molecule has 2 unspecified atom stereocenters. The minimum absolute atomic E-state index is 0.0987. The molecule has 0 saturated heterocycles. The third kappa shape index (κ3) is 42.2. The summed E-state index contributed by atoms with van der Waals surface area (Å²) in [6, 6.07) is 0. The Balaban J connectivity index is 5.10. The van der Waals surface area contributed by atoms with Crippen molar-refractivity contribution >= 4 is 39.5 Å². The maximum Gasteiger partial charge on any atom is 0.472 e. The molecule has 0 aromatic rings. The van der Waals surface area contributed by atoms with E-state index in [-0.39, 0.29) is 25.7 Å². The van der Waals surface area contributed by atoms with Gasteiger partial charge < -0.3 is 33.8 Å². The molecule has 390 valence electrons. The Morgan fingerprint density at radius 3 is 0.894 bits per heavy atom. The summed E-state index contributed by atoms with van der Waals surface area (Å²) in [6.45, 7) is 4.48. The Morgan fingerprint density at radius 2 is 0.606 bits per heavy atom. The van der Waals surface area contributed by atoms with E-state index in [0.717, 1.165) is 103 Å². The summed E-state index contributed by atoms with van der Waals surface area (Å²) in [5.41, 5.74) is 0. The first kappa shape index (κ1) is 64.1. The first-order chi connectivity index (χ1) is 31.7. The molecule has 0 saturated carbocycles. The number of aliphatic hydroxyl groups is 1. The first-order valence-corrected chi connectivity index (χ1v) is 28.3. The van der Waals surface area contributed by atoms with Crippen molar-refractivity contribution in [1.82, 2.24) is 0 Å². The van der Waals surface area contributed by atoms with Gasteiger partial charge in [-0.05, 0) is 25.7 Å². The van der Waals surface area contributed by atoms with Crippen LogP contribution in [0.5, 0.6) is 0 Å². The number of hydrogen-bond acceptors (Lipinski definition) is 15. The van der Waals surface area contributed by atoms with Crippen LogP contribution in [0, 0.1) is 0 Å². The number of unbranched alkanes of at least 4 members (excludes halogenated alkanes) is 22. The quantitative estimate of drug-likeness (QED) is 0.0222. The highest BCUT2D eigenvalue weighted by atomic mass is 31.2. The predicted octanol–water partition coefficient (Wildman–Crippen LogP) is 11.3. The number of hydrogen-bond donors (Lipinski definition) is 3. The third-order valence-corrected chi connectivity index (χ3v) is 12.5. The maximum atomic E-state index is 12.8. The summed E-state index contributed by atoms with van der Waals surface area (Å²) in [5, 5.41) is 10.4. The zero-order valence-electron chi connectivity index (χ0n) is 41.1. The van der Waals surface area contributed by atoms with Crippen molar-refractivity contribution in [2.45, 2.75) is 239 Å². The summed E-state index contributed by atoms with van der Waals surface area (Å²) < 4.78 is 66.6. The smallest absolute Gasteiger partial charge is 0.462 e. The van der Waals surface area contributed by atoms with Gasteiger partial charge in [0.25, 0.3) is 0 Å². The number of rotatable bonds is 48. The standard InChI is InChI=1S/C47H90O17P2/c1-5-9-13-17-18-19-20-21-22-26-30-34-47(52)64-43(38-58-45(50)32-28-24-15-11-7-3)40-62-66(55,56)60-36-41(48)35-59-65(53,54)61-39-42(63-46(51)33-29-25-16-12-8-4)37-57-44(49)31-27-23-14-10-6-2/h41-43,48H,5-40H2,1-4H3,(H,53,54)(H,55,56)/t41-,42+,43+/m0/s1. The van der Waals surface area contributed by atoms with E-state index in [1.807, 2.05) is 0 Å². The summed E-state index contributed by atoms with van der Waals surface area (Å²) in [7, 11) is -9.82. The Bertz CT molecular complexity index is 1320. The molecule has 19 heteroatoms. The Hall–Kier alpha value is -1.94. The number of phosphoric acid groups is 2. The van der Waals surface area contributed by atoms with E-state index < -0.39 is 97.5 Å². The van der Waals surface area contributed by atoms with Gasteiger partial charge in [0, 0.05) is 25.7 Å². The van der Waals surface area contributed by atoms with Gasteiger partial charge >= 0.3 is 39.5 Å². The zero-order valence-corrected chi connectivity index (χ0v) is 42.9. The number of aliphatic hydroxyl groups excluding tert-OH is 1. The molecule has 0 aromatic carbocycles. The highest BCUT2D eigenvalue weighted by molar-refractivity contribution is 7.47. The van der Waals surface area contributed by atoms with Crippen molar-refractivity contribution in [3.63, 3.8) is 0 Å². The molecule has 0 spiro atoms. The minimum atomic E-state index is -4.91. The topological polar surface area (TPSA) is 237 Å². The molecule has 0 bridgehead atoms. The Labute approximate surface area is 397 Å². The molecule has 0 aromatic heterocycles. The summed E-state index contributed by atoms with van der Waals surface area (Å²) in [5.74, 6) is -2.19. The van der Waals surface area contributed by atoms with Crippen LogP contribution in [0.15, 0.2) is 0 Å². The van der Waals surface area contributed by atoms with Crippen LogP contribution in [-0.2, 0) is 65.4 Å². The normalized spacial score (nSPS) is 14.7. The Kier molecular flexibility index (Phi) is 41.8. The predicted molar refractivity (Wildman–Crippen MR) is 252 cm³/mol. The van der Waals surface area contributed by atoms with Gasteiger partial charge in [0.2, 0.25) is 0 Å². The summed E-state index contributed by atoms with van der Waals surface area (Å²) in [4.78, 5) is 70.6. The van der Waals surface area contributed by atoms with E-state index in [0.29, 0.717) is 25.7 Å². The molecule has 0 heterocycles. The zero-order chi connectivity index (χ0) is 49.2. The highest BCUT2D eigenvalue weighted by Crippen LogP contribution is 2.45. The molecular formula is C47H90O17P2. The van der Waals surface area contributed by atoms with Crippen molar-refractivity contribution in [3.8, 4) is 0 Å². The van der Waals surface area contributed by atoms with Crippen LogP contribution < -0.4 is 0 Å². The molecular weight excluding hydrogens is 898 g/mol. The van der Waals surface area contributed by atoms with Gasteiger partial charge in [-0.1, -0.05) is 169 Å². The second-order valence-electron chi connectivity index (χ2n) is 17.1. The number of phosphoric ester groups is 2. The molecule has 0 fully saturated rings. The van der Waals surface area contributed by atoms with Crippen LogP contribution >= 0.6 is 15.6 Å². The summed E-state index contributed by atoms with van der Waals surface area (Å²) >= 11 is 0. The van der Waals surface area contributed by atoms with Crippen LogP contribution in [0.4, 0.5) is 0 Å². The number of carbonyl (C=O) groups excluding carboxylic acids is 4. The first-order valence-electron chi connectivity index (χ1n) is 25.3. The fourth-order valence-electron chi connectivity index (χ4n) is 6.63. The average molecular weight is 989 g/mol. The van der Waals surface area contributed by atoms with E-state index in [9.17, 15) is 43.2 Å². The summed E-state index contributed by atoms with van der Waals surface area (Å²) in [6.07, 6.45) is 22.2. The number of esters is 4. The molecule has 0 aliphatic heterocycles. The lowest BCUT2D eigenvalue weighted by atomic mass is 10.1. The van der Waals surface area contributed by atoms with Gasteiger partial charge in [0.1, 0.15) is 19.3 Å². The molecule has 0 amide bonds. The van der Waals surface area contributed by atoms with Gasteiger partial charge in [-0.3, -0.25) is 37.3 Å². The van der Waals surface area contributed by atoms with Crippen LogP contribution in [0.1, 0.15) is 220 Å². The Morgan fingerprint density at radius 1 is 0.364 bits per heavy atom. The molecule has 0 aliphatic rings. The van der Waals surface area contributed by atoms with Gasteiger partial charge in [-0.2, -0.15) is 0 Å². The van der Waals surface area contributed by atoms with Crippen molar-refractivity contribution < 1.29 is 80.2 Å². The second-order valence-corrected chi connectivity index (χ2v) is 20.0. The van der Waals surface area contributed by atoms with Crippen LogP contribution in [0.2, 0.25) is 0 Å². The van der Waals surface area contributed by atoms with E-state index in [2.05, 4.69) is 27.7 Å². The lowest BCUT2D eigenvalue weighted by Crippen LogP contribution is -2.30. The van der Waals surface area contributed by atoms with Crippen molar-refractivity contribution in [2.24, 2.45) is 0 Å². The molecule has 66 heavy (non-hydrogen) atoms. The largest absolute Gasteiger partial charge is 0.472 e. The van der Waals surface area contributed by atoms with E-state index in [1.165, 1.54) is 38.5 Å². The van der Waals surface area contributed by atoms with E-state index in [1.54, 1.807) is 0 Å². The van der Waals surface area contributed by atoms with Gasteiger partial charge in [0.05, 0.1) is 26.4 Å². The average Bonchev–Trinajstić information content (AvgIpc) is 3.28. The molecule has 17 nitrogen and oxygen atoms in total. The highest BCUT2D eigenvalue weighted by Gasteiger charge is 2.30. The molecule has 3 N–H and O–H groups in total. The fourth-order valence-corrected chi connectivity index (χ4v) is 8.21. The van der Waals surface area contributed by atoms with Crippen LogP contribution in [0.3, 0.4) is 0 Å². The van der Waals surface area contributed by atoms with Gasteiger partial charge in [-0.15, -0.1) is 0 Å². The molecule has 0 radical (unpaired) electrons. The third-order valence-electron chi connectivity index (χ3n) is 10.6. The monoisotopic (exact) mass is 989 g/mol. The van der Waals surface area contributed by atoms with E-state index in [4.69, 9.17) is 37.0 Å². The van der Waals surface area contributed by atoms with Crippen LogP contribution in [-0.4, -0.2) is 96.7 Å². The minimum Gasteiger partial charge on any atom is -0.462 e. The van der Waals surface area contributed by atoms with Gasteiger partial charge in [0.15, 0.2) is 12.2 Å². The van der Waals surface area contributed by atoms with E-state index >= 15 is 0 Å². The van der Waals surface area contributed by atoms with Crippen molar-refractivity contribution in [1.29, 1.82) is 0 Å². The molecule has 0 aliphatic carbocycles. The molecule has 5 atom stereocenters. The van der Waals surface area contributed by atoms with Gasteiger partial charge in [-0.25, -0.2) is 9.13 Å². The van der Waals surface area contributed by atoms with Crippen molar-refractivity contribution in [2.75, 3.05) is 39.6 Å². The molecule has 0 rings (SSSR count). The maximum absolute atomic E-state index is 12.8. The lowest BCUT2D eigenvalue weighted by Gasteiger charge is -2.21. The van der Waals surface area contributed by atoms with Crippen molar-refractivity contribution in [3.05, 3.63) is 0 Å². The SMILES string of the molecule is CCCCCCCCCCCCCC(=O)O[C@H](COC(=O)CCCCCCC)COP(=O)(O)OC[C@@H](O)COP(=O)(O)OC[C@@H](COC(=O)CCCCCCC)OC(=O)CCCCCCC. The second kappa shape index (κ2) is 43.1. The number of ether oxygens (including phenoxy) is 4. The van der Waals surface area contributed by atoms with Crippen LogP contribution in [0.25, 0.3) is 0 Å².